The Kier molecular flexibility index (Phi) is 4.79. The van der Waals surface area contributed by atoms with E-state index in [1.54, 1.807) is 0 Å². The van der Waals surface area contributed by atoms with Gasteiger partial charge in [0.15, 0.2) is 10.2 Å². The van der Waals surface area contributed by atoms with Crippen molar-refractivity contribution in [2.24, 2.45) is 0 Å². The zero-order valence-corrected chi connectivity index (χ0v) is 12.8. The third kappa shape index (κ3) is 4.49. The molecule has 1 aromatic carbocycles. The first kappa shape index (κ1) is 14.3. The minimum atomic E-state index is 0.435. The largest absolute Gasteiger partial charge is 0.359 e. The van der Waals surface area contributed by atoms with Gasteiger partial charge in [0.05, 0.1) is 0 Å². The Balaban J connectivity index is 1.80. The highest BCUT2D eigenvalue weighted by Gasteiger charge is 2.21. The SMILES string of the molecule is Cc1c(Cl)cccc1NC(=S)NNC(=S)NC1CC1. The standard InChI is InChI=1S/C12H15ClN4S2/c1-7-9(13)3-2-4-10(7)15-12(19)17-16-11(18)14-8-5-6-8/h2-4,8H,5-6H2,1H3,(H2,14,16,18)(H2,15,17,19). The molecule has 0 aromatic heterocycles. The summed E-state index contributed by atoms with van der Waals surface area (Å²) >= 11 is 16.3. The van der Waals surface area contributed by atoms with Crippen LogP contribution in [0.5, 0.6) is 0 Å². The molecule has 0 heterocycles. The number of benzene rings is 1. The molecular weight excluding hydrogens is 300 g/mol. The van der Waals surface area contributed by atoms with Crippen LogP contribution in [0.2, 0.25) is 5.02 Å². The molecule has 1 aromatic rings. The van der Waals surface area contributed by atoms with Crippen LogP contribution in [0.3, 0.4) is 0 Å². The summed E-state index contributed by atoms with van der Waals surface area (Å²) in [5.41, 5.74) is 7.50. The van der Waals surface area contributed by atoms with Crippen LogP contribution in [0, 0.1) is 6.92 Å². The zero-order valence-electron chi connectivity index (χ0n) is 10.4. The average molecular weight is 315 g/mol. The molecule has 0 radical (unpaired) electrons. The average Bonchev–Trinajstić information content (AvgIpc) is 3.16. The summed E-state index contributed by atoms with van der Waals surface area (Å²) in [6.45, 7) is 1.93. The van der Waals surface area contributed by atoms with Gasteiger partial charge in [-0.1, -0.05) is 17.7 Å². The van der Waals surface area contributed by atoms with E-state index in [2.05, 4.69) is 21.5 Å². The highest BCUT2D eigenvalue weighted by atomic mass is 35.5. The molecule has 1 aliphatic rings. The molecule has 0 saturated heterocycles. The second-order valence-electron chi connectivity index (χ2n) is 4.36. The lowest BCUT2D eigenvalue weighted by molar-refractivity contribution is 0.805. The number of hydrogen-bond acceptors (Lipinski definition) is 2. The minimum absolute atomic E-state index is 0.435. The van der Waals surface area contributed by atoms with E-state index >= 15 is 0 Å². The first-order valence-corrected chi connectivity index (χ1v) is 7.14. The maximum Gasteiger partial charge on any atom is 0.189 e. The predicted molar refractivity (Wildman–Crippen MR) is 87.4 cm³/mol. The minimum Gasteiger partial charge on any atom is -0.359 e. The van der Waals surface area contributed by atoms with Crippen LogP contribution in [-0.4, -0.2) is 16.3 Å². The second kappa shape index (κ2) is 6.36. The summed E-state index contributed by atoms with van der Waals surface area (Å²) in [5.74, 6) is 0. The van der Waals surface area contributed by atoms with Gasteiger partial charge in [0.25, 0.3) is 0 Å². The lowest BCUT2D eigenvalue weighted by atomic mass is 10.2. The Bertz CT molecular complexity index is 503. The van der Waals surface area contributed by atoms with Gasteiger partial charge in [-0.25, -0.2) is 0 Å². The quantitative estimate of drug-likeness (QED) is 0.497. The first-order valence-electron chi connectivity index (χ1n) is 5.95. The molecule has 0 unspecified atom stereocenters. The maximum absolute atomic E-state index is 6.04. The van der Waals surface area contributed by atoms with E-state index in [-0.39, 0.29) is 0 Å². The van der Waals surface area contributed by atoms with E-state index in [4.69, 9.17) is 36.0 Å². The van der Waals surface area contributed by atoms with Gasteiger partial charge in [-0.2, -0.15) is 0 Å². The second-order valence-corrected chi connectivity index (χ2v) is 5.59. The van der Waals surface area contributed by atoms with Crippen molar-refractivity contribution in [1.29, 1.82) is 0 Å². The number of hydrogen-bond donors (Lipinski definition) is 4. The first-order chi connectivity index (χ1) is 9.06. The van der Waals surface area contributed by atoms with Gasteiger partial charge in [0.2, 0.25) is 0 Å². The van der Waals surface area contributed by atoms with Gasteiger partial charge in [-0.3, -0.25) is 10.9 Å². The zero-order chi connectivity index (χ0) is 13.8. The Morgan fingerprint density at radius 3 is 2.58 bits per heavy atom. The third-order valence-corrected chi connectivity index (χ3v) is 3.55. The van der Waals surface area contributed by atoms with Gasteiger partial charge in [0.1, 0.15) is 0 Å². The molecule has 7 heteroatoms. The molecule has 1 fully saturated rings. The fourth-order valence-electron chi connectivity index (χ4n) is 1.46. The number of nitrogens with one attached hydrogen (secondary N) is 4. The van der Waals surface area contributed by atoms with Crippen LogP contribution in [0.25, 0.3) is 0 Å². The van der Waals surface area contributed by atoms with Gasteiger partial charge in [0, 0.05) is 16.8 Å². The monoisotopic (exact) mass is 314 g/mol. The van der Waals surface area contributed by atoms with Crippen LogP contribution >= 0.6 is 36.0 Å². The molecule has 4 nitrogen and oxygen atoms in total. The van der Waals surface area contributed by atoms with Gasteiger partial charge in [-0.05, 0) is 61.9 Å². The summed E-state index contributed by atoms with van der Waals surface area (Å²) in [6, 6.07) is 6.13. The van der Waals surface area contributed by atoms with Crippen LogP contribution in [0.4, 0.5) is 5.69 Å². The van der Waals surface area contributed by atoms with Crippen LogP contribution in [0.15, 0.2) is 18.2 Å². The van der Waals surface area contributed by atoms with E-state index < -0.39 is 0 Å². The maximum atomic E-state index is 6.04. The van der Waals surface area contributed by atoms with Gasteiger partial charge in [-0.15, -0.1) is 0 Å². The normalized spacial score (nSPS) is 13.6. The summed E-state index contributed by atoms with van der Waals surface area (Å²) in [6.07, 6.45) is 2.35. The van der Waals surface area contributed by atoms with Crippen LogP contribution < -0.4 is 21.5 Å². The molecule has 0 amide bonds. The predicted octanol–water partition coefficient (Wildman–Crippen LogP) is 2.48. The van der Waals surface area contributed by atoms with Crippen molar-refractivity contribution in [1.82, 2.24) is 16.2 Å². The third-order valence-electron chi connectivity index (χ3n) is 2.72. The van der Waals surface area contributed by atoms with Crippen LogP contribution in [-0.2, 0) is 0 Å². The molecule has 4 N–H and O–H groups in total. The summed E-state index contributed by atoms with van der Waals surface area (Å²) in [5, 5.41) is 7.89. The molecule has 1 saturated carbocycles. The van der Waals surface area contributed by atoms with Crippen molar-refractivity contribution in [3.63, 3.8) is 0 Å². The fourth-order valence-corrected chi connectivity index (χ4v) is 2.01. The number of anilines is 1. The van der Waals surface area contributed by atoms with Crippen LogP contribution in [0.1, 0.15) is 18.4 Å². The molecule has 0 aliphatic heterocycles. The summed E-state index contributed by atoms with van der Waals surface area (Å²) in [7, 11) is 0. The Morgan fingerprint density at radius 2 is 1.89 bits per heavy atom. The van der Waals surface area contributed by atoms with Crippen molar-refractivity contribution in [2.75, 3.05) is 5.32 Å². The summed E-state index contributed by atoms with van der Waals surface area (Å²) in [4.78, 5) is 0. The molecule has 0 bridgehead atoms. The highest BCUT2D eigenvalue weighted by molar-refractivity contribution is 7.80. The van der Waals surface area contributed by atoms with E-state index in [9.17, 15) is 0 Å². The number of rotatable bonds is 2. The van der Waals surface area contributed by atoms with Crippen molar-refractivity contribution < 1.29 is 0 Å². The fraction of sp³-hybridized carbons (Fsp3) is 0.333. The van der Waals surface area contributed by atoms with Crippen molar-refractivity contribution >= 4 is 51.9 Å². The molecule has 102 valence electrons. The van der Waals surface area contributed by atoms with E-state index in [0.717, 1.165) is 11.3 Å². The Labute approximate surface area is 128 Å². The summed E-state index contributed by atoms with van der Waals surface area (Å²) < 4.78 is 0. The van der Waals surface area contributed by atoms with Gasteiger partial charge < -0.3 is 10.6 Å². The molecular formula is C12H15ClN4S2. The topological polar surface area (TPSA) is 48.1 Å². The van der Waals surface area contributed by atoms with Crippen molar-refractivity contribution in [3.8, 4) is 0 Å². The lowest BCUT2D eigenvalue weighted by Crippen LogP contribution is -2.48. The number of thiocarbonyl (C=S) groups is 2. The molecule has 0 atom stereocenters. The molecule has 19 heavy (non-hydrogen) atoms. The Hall–Kier alpha value is -1.11. The lowest BCUT2D eigenvalue weighted by Gasteiger charge is -2.15. The number of halogens is 1. The van der Waals surface area contributed by atoms with E-state index in [1.807, 2.05) is 25.1 Å². The van der Waals surface area contributed by atoms with Crippen molar-refractivity contribution in [2.45, 2.75) is 25.8 Å². The van der Waals surface area contributed by atoms with E-state index in [1.165, 1.54) is 12.8 Å². The van der Waals surface area contributed by atoms with Gasteiger partial charge >= 0.3 is 0 Å². The smallest absolute Gasteiger partial charge is 0.189 e. The Morgan fingerprint density at radius 1 is 1.21 bits per heavy atom. The van der Waals surface area contributed by atoms with Crippen molar-refractivity contribution in [3.05, 3.63) is 28.8 Å². The number of hydrazine groups is 1. The highest BCUT2D eigenvalue weighted by Crippen LogP contribution is 2.22. The molecule has 2 rings (SSSR count). The molecule has 1 aliphatic carbocycles. The molecule has 0 spiro atoms. The van der Waals surface area contributed by atoms with E-state index in [0.29, 0.717) is 21.3 Å².